The van der Waals surface area contributed by atoms with Crippen molar-refractivity contribution in [3.05, 3.63) is 23.7 Å². The Morgan fingerprint density at radius 2 is 2.14 bits per heavy atom. The maximum Gasteiger partial charge on any atom is 0.223 e. The molecule has 122 valence electrons. The van der Waals surface area contributed by atoms with Gasteiger partial charge in [-0.2, -0.15) is 0 Å². The van der Waals surface area contributed by atoms with Crippen molar-refractivity contribution in [3.8, 4) is 0 Å². The first-order valence-electron chi connectivity index (χ1n) is 7.90. The Bertz CT molecular complexity index is 663. The van der Waals surface area contributed by atoms with Crippen LogP contribution in [-0.2, 0) is 21.1 Å². The van der Waals surface area contributed by atoms with E-state index in [2.05, 4.69) is 6.92 Å². The van der Waals surface area contributed by atoms with Crippen molar-refractivity contribution < 1.29 is 17.6 Å². The summed E-state index contributed by atoms with van der Waals surface area (Å²) in [6, 6.07) is 3.80. The Morgan fingerprint density at radius 1 is 1.41 bits per heavy atom. The van der Waals surface area contributed by atoms with Gasteiger partial charge in [-0.1, -0.05) is 6.92 Å². The third-order valence-corrected chi connectivity index (χ3v) is 6.64. The van der Waals surface area contributed by atoms with E-state index in [1.165, 1.54) is 6.42 Å². The number of carbonyl (C=O) groups is 1. The van der Waals surface area contributed by atoms with Crippen molar-refractivity contribution >= 4 is 15.7 Å². The average Bonchev–Trinajstić information content (AvgIpc) is 2.89. The molecule has 2 heterocycles. The van der Waals surface area contributed by atoms with Crippen molar-refractivity contribution in [2.24, 2.45) is 5.92 Å². The lowest BCUT2D eigenvalue weighted by Crippen LogP contribution is -2.37. The van der Waals surface area contributed by atoms with E-state index >= 15 is 0 Å². The van der Waals surface area contributed by atoms with Crippen molar-refractivity contribution in [2.45, 2.75) is 44.6 Å². The first kappa shape index (κ1) is 15.6. The number of furan rings is 1. The Hall–Kier alpha value is -1.30. The second-order valence-electron chi connectivity index (χ2n) is 6.69. The van der Waals surface area contributed by atoms with E-state index in [0.717, 1.165) is 11.5 Å². The van der Waals surface area contributed by atoms with Crippen LogP contribution in [-0.4, -0.2) is 43.8 Å². The highest BCUT2D eigenvalue weighted by molar-refractivity contribution is 7.91. The highest BCUT2D eigenvalue weighted by atomic mass is 32.2. The molecule has 1 aromatic heterocycles. The van der Waals surface area contributed by atoms with Gasteiger partial charge >= 0.3 is 0 Å². The van der Waals surface area contributed by atoms with E-state index in [9.17, 15) is 13.2 Å². The fourth-order valence-electron chi connectivity index (χ4n) is 3.14. The number of nitrogens with zero attached hydrogens (tertiary/aromatic N) is 1. The Morgan fingerprint density at radius 3 is 2.73 bits per heavy atom. The molecule has 1 saturated heterocycles. The smallest absolute Gasteiger partial charge is 0.223 e. The summed E-state index contributed by atoms with van der Waals surface area (Å²) >= 11 is 0. The third kappa shape index (κ3) is 3.37. The molecule has 2 fully saturated rings. The minimum atomic E-state index is -2.96. The molecule has 5 nitrogen and oxygen atoms in total. The number of amides is 1. The number of carbonyl (C=O) groups excluding carboxylic acids is 1. The summed E-state index contributed by atoms with van der Waals surface area (Å²) in [6.07, 6.45) is 2.67. The zero-order valence-corrected chi connectivity index (χ0v) is 13.9. The summed E-state index contributed by atoms with van der Waals surface area (Å²) in [5.41, 5.74) is 0. The van der Waals surface area contributed by atoms with Crippen LogP contribution >= 0.6 is 0 Å². The van der Waals surface area contributed by atoms with Crippen molar-refractivity contribution in [1.29, 1.82) is 0 Å². The Labute approximate surface area is 131 Å². The van der Waals surface area contributed by atoms with Crippen LogP contribution in [0.25, 0.3) is 0 Å². The maximum atomic E-state index is 12.2. The Kier molecular flexibility index (Phi) is 4.05. The summed E-state index contributed by atoms with van der Waals surface area (Å²) in [4.78, 5) is 13.8. The molecule has 0 N–H and O–H groups in total. The number of rotatable bonds is 5. The standard InChI is InChI=1S/C16H23NO4S/c1-11-9-14(11)15-5-3-13(21-15)4-6-16(18)17(2)12-7-8-22(19,20)10-12/h3,5,11-12,14H,4,6-10H2,1-2H3/t11-,12+,14-/m1/s1. The van der Waals surface area contributed by atoms with E-state index in [1.54, 1.807) is 11.9 Å². The van der Waals surface area contributed by atoms with Gasteiger partial charge in [0.25, 0.3) is 0 Å². The summed E-state index contributed by atoms with van der Waals surface area (Å²) in [5, 5.41) is 0. The monoisotopic (exact) mass is 325 g/mol. The van der Waals surface area contributed by atoms with Crippen LogP contribution in [0.1, 0.15) is 43.6 Å². The average molecular weight is 325 g/mol. The molecule has 0 radical (unpaired) electrons. The molecule has 0 aromatic carbocycles. The summed E-state index contributed by atoms with van der Waals surface area (Å²) in [7, 11) is -1.26. The zero-order chi connectivity index (χ0) is 15.9. The van der Waals surface area contributed by atoms with Crippen LogP contribution < -0.4 is 0 Å². The van der Waals surface area contributed by atoms with Crippen molar-refractivity contribution in [1.82, 2.24) is 4.90 Å². The second kappa shape index (κ2) is 5.72. The minimum absolute atomic E-state index is 0.0140. The molecule has 1 aliphatic carbocycles. The molecule has 2 aliphatic rings. The third-order valence-electron chi connectivity index (χ3n) is 4.89. The molecule has 0 bridgehead atoms. The summed E-state index contributed by atoms with van der Waals surface area (Å²) < 4.78 is 28.8. The lowest BCUT2D eigenvalue weighted by Gasteiger charge is -2.23. The molecular formula is C16H23NO4S. The molecule has 1 aliphatic heterocycles. The lowest BCUT2D eigenvalue weighted by atomic mass is 10.2. The maximum absolute atomic E-state index is 12.2. The van der Waals surface area contributed by atoms with Gasteiger partial charge in [0.2, 0.25) is 5.91 Å². The van der Waals surface area contributed by atoms with E-state index in [4.69, 9.17) is 4.42 Å². The quantitative estimate of drug-likeness (QED) is 0.830. The molecular weight excluding hydrogens is 302 g/mol. The first-order chi connectivity index (χ1) is 10.4. The van der Waals surface area contributed by atoms with E-state index in [-0.39, 0.29) is 23.5 Å². The molecule has 0 unspecified atom stereocenters. The SMILES string of the molecule is C[C@@H]1C[C@H]1c1ccc(CCC(=O)N(C)[C@H]2CCS(=O)(=O)C2)o1. The zero-order valence-electron chi connectivity index (χ0n) is 13.1. The minimum Gasteiger partial charge on any atom is -0.466 e. The van der Waals surface area contributed by atoms with Gasteiger partial charge in [0.1, 0.15) is 11.5 Å². The fraction of sp³-hybridized carbons (Fsp3) is 0.688. The predicted octanol–water partition coefficient (Wildman–Crippen LogP) is 1.98. The van der Waals surface area contributed by atoms with Crippen molar-refractivity contribution in [3.63, 3.8) is 0 Å². The van der Waals surface area contributed by atoms with Crippen LogP contribution in [0.5, 0.6) is 0 Å². The molecule has 3 rings (SSSR count). The van der Waals surface area contributed by atoms with Gasteiger partial charge in [-0.25, -0.2) is 8.42 Å². The van der Waals surface area contributed by atoms with Gasteiger partial charge in [0.15, 0.2) is 9.84 Å². The van der Waals surface area contributed by atoms with E-state index in [1.807, 2.05) is 12.1 Å². The largest absolute Gasteiger partial charge is 0.466 e. The topological polar surface area (TPSA) is 67.6 Å². The summed E-state index contributed by atoms with van der Waals surface area (Å²) in [6.45, 7) is 2.21. The lowest BCUT2D eigenvalue weighted by molar-refractivity contribution is -0.131. The number of hydrogen-bond acceptors (Lipinski definition) is 4. The van der Waals surface area contributed by atoms with Crippen LogP contribution in [0.2, 0.25) is 0 Å². The van der Waals surface area contributed by atoms with Crippen molar-refractivity contribution in [2.75, 3.05) is 18.6 Å². The number of aryl methyl sites for hydroxylation is 1. The van der Waals surface area contributed by atoms with Gasteiger partial charge < -0.3 is 9.32 Å². The molecule has 1 amide bonds. The highest BCUT2D eigenvalue weighted by Gasteiger charge is 2.36. The van der Waals surface area contributed by atoms with Gasteiger partial charge in [0, 0.05) is 31.8 Å². The molecule has 1 saturated carbocycles. The van der Waals surface area contributed by atoms with E-state index < -0.39 is 9.84 Å². The van der Waals surface area contributed by atoms with Gasteiger partial charge in [-0.15, -0.1) is 0 Å². The fourth-order valence-corrected chi connectivity index (χ4v) is 4.91. The molecule has 1 aromatic rings. The normalized spacial score (nSPS) is 29.5. The van der Waals surface area contributed by atoms with Crippen LogP contribution in [0.3, 0.4) is 0 Å². The van der Waals surface area contributed by atoms with E-state index in [0.29, 0.717) is 31.1 Å². The number of hydrogen-bond donors (Lipinski definition) is 0. The highest BCUT2D eigenvalue weighted by Crippen LogP contribution is 2.47. The predicted molar refractivity (Wildman–Crippen MR) is 83.4 cm³/mol. The first-order valence-corrected chi connectivity index (χ1v) is 9.72. The molecule has 0 spiro atoms. The molecule has 22 heavy (non-hydrogen) atoms. The second-order valence-corrected chi connectivity index (χ2v) is 8.91. The van der Waals surface area contributed by atoms with Crippen LogP contribution in [0.4, 0.5) is 0 Å². The van der Waals surface area contributed by atoms with Gasteiger partial charge in [0.05, 0.1) is 11.5 Å². The van der Waals surface area contributed by atoms with Crippen LogP contribution in [0.15, 0.2) is 16.5 Å². The molecule has 6 heteroatoms. The molecule has 3 atom stereocenters. The Balaban J connectivity index is 1.50. The number of sulfone groups is 1. The van der Waals surface area contributed by atoms with Gasteiger partial charge in [-0.3, -0.25) is 4.79 Å². The van der Waals surface area contributed by atoms with Crippen LogP contribution in [0, 0.1) is 5.92 Å². The summed E-state index contributed by atoms with van der Waals surface area (Å²) in [5.74, 6) is 3.41. The van der Waals surface area contributed by atoms with Gasteiger partial charge in [-0.05, 0) is 30.9 Å².